The summed E-state index contributed by atoms with van der Waals surface area (Å²) in [6.45, 7) is 3.63. The van der Waals surface area contributed by atoms with Crippen molar-refractivity contribution in [3.05, 3.63) is 68.8 Å². The second-order valence-electron chi connectivity index (χ2n) is 6.98. The number of carbonyl (C=O) groups excluding carboxylic acids is 1. The molecule has 1 fully saturated rings. The zero-order chi connectivity index (χ0) is 21.1. The number of amides is 1. The fraction of sp³-hybridized carbons (Fsp3) is 0.286. The summed E-state index contributed by atoms with van der Waals surface area (Å²) in [6, 6.07) is 8.56. The fourth-order valence-corrected chi connectivity index (χ4v) is 3.41. The third-order valence-corrected chi connectivity index (χ3v) is 5.16. The van der Waals surface area contributed by atoms with E-state index in [-0.39, 0.29) is 17.5 Å². The van der Waals surface area contributed by atoms with Crippen LogP contribution in [0.25, 0.3) is 11.0 Å². The van der Waals surface area contributed by atoms with Crippen LogP contribution in [-0.4, -0.2) is 47.2 Å². The lowest BCUT2D eigenvalue weighted by molar-refractivity contribution is 0.0336. The van der Waals surface area contributed by atoms with Crippen LogP contribution in [0, 0.1) is 0 Å². The van der Waals surface area contributed by atoms with Crippen LogP contribution < -0.4 is 10.9 Å². The van der Waals surface area contributed by atoms with Gasteiger partial charge in [-0.1, -0.05) is 23.7 Å². The average Bonchev–Trinajstić information content (AvgIpc) is 2.74. The second-order valence-corrected chi connectivity index (χ2v) is 7.42. The molecule has 0 aliphatic carbocycles. The van der Waals surface area contributed by atoms with Crippen molar-refractivity contribution in [3.8, 4) is 5.75 Å². The van der Waals surface area contributed by atoms with Gasteiger partial charge in [-0.15, -0.1) is 0 Å². The first kappa shape index (κ1) is 20.3. The molecule has 2 N–H and O–H groups in total. The first-order valence-corrected chi connectivity index (χ1v) is 9.86. The van der Waals surface area contributed by atoms with Crippen molar-refractivity contribution in [1.82, 2.24) is 15.2 Å². The number of halogens is 1. The Bertz CT molecular complexity index is 1120. The number of carbonyl (C=O) groups is 1. The molecule has 1 aliphatic rings. The molecule has 156 valence electrons. The lowest BCUT2D eigenvalue weighted by Gasteiger charge is -2.26. The van der Waals surface area contributed by atoms with Gasteiger partial charge >= 0.3 is 5.63 Å². The molecule has 0 radical (unpaired) electrons. The highest BCUT2D eigenvalue weighted by Gasteiger charge is 2.22. The second kappa shape index (κ2) is 8.83. The standard InChI is InChI=1S/C21H20ClN3O5/c22-14-3-1-13(2-4-14)10-24-20(27)18-19(26)16-9-15(12-25-5-7-29-8-6-25)23-11-17(16)30-21(18)28/h1-4,9,11,26H,5-8,10,12H2,(H,24,27). The Morgan fingerprint density at radius 2 is 1.97 bits per heavy atom. The van der Waals surface area contributed by atoms with Crippen molar-refractivity contribution in [2.45, 2.75) is 13.1 Å². The van der Waals surface area contributed by atoms with E-state index in [0.717, 1.165) is 18.7 Å². The molecule has 9 heteroatoms. The number of morpholine rings is 1. The number of rotatable bonds is 5. The molecule has 1 saturated heterocycles. The number of nitrogens with one attached hydrogen (secondary N) is 1. The van der Waals surface area contributed by atoms with E-state index in [4.69, 9.17) is 20.8 Å². The predicted octanol–water partition coefficient (Wildman–Crippen LogP) is 2.31. The van der Waals surface area contributed by atoms with Crippen LogP contribution in [0.3, 0.4) is 0 Å². The van der Waals surface area contributed by atoms with Gasteiger partial charge in [-0.25, -0.2) is 4.79 Å². The predicted molar refractivity (Wildman–Crippen MR) is 111 cm³/mol. The molecule has 3 heterocycles. The number of ether oxygens (including phenoxy) is 1. The summed E-state index contributed by atoms with van der Waals surface area (Å²) >= 11 is 5.85. The van der Waals surface area contributed by atoms with Gasteiger partial charge in [-0.3, -0.25) is 14.7 Å². The Kier molecular flexibility index (Phi) is 5.98. The maximum Gasteiger partial charge on any atom is 0.353 e. The molecule has 30 heavy (non-hydrogen) atoms. The largest absolute Gasteiger partial charge is 0.506 e. The van der Waals surface area contributed by atoms with Gasteiger partial charge in [0.1, 0.15) is 5.75 Å². The first-order chi connectivity index (χ1) is 14.5. The van der Waals surface area contributed by atoms with E-state index < -0.39 is 22.8 Å². The van der Waals surface area contributed by atoms with E-state index in [2.05, 4.69) is 15.2 Å². The zero-order valence-corrected chi connectivity index (χ0v) is 16.8. The lowest BCUT2D eigenvalue weighted by Crippen LogP contribution is -2.35. The molecule has 3 aromatic rings. The molecule has 0 atom stereocenters. The van der Waals surface area contributed by atoms with Gasteiger partial charge < -0.3 is 19.6 Å². The Morgan fingerprint density at radius 3 is 2.70 bits per heavy atom. The molecule has 0 saturated carbocycles. The summed E-state index contributed by atoms with van der Waals surface area (Å²) in [4.78, 5) is 31.4. The highest BCUT2D eigenvalue weighted by Crippen LogP contribution is 2.27. The molecule has 0 spiro atoms. The molecule has 0 unspecified atom stereocenters. The highest BCUT2D eigenvalue weighted by molar-refractivity contribution is 6.30. The monoisotopic (exact) mass is 429 g/mol. The Balaban J connectivity index is 1.58. The minimum atomic E-state index is -0.920. The van der Waals surface area contributed by atoms with Crippen molar-refractivity contribution in [2.24, 2.45) is 0 Å². The summed E-state index contributed by atoms with van der Waals surface area (Å²) < 4.78 is 10.6. The van der Waals surface area contributed by atoms with Crippen molar-refractivity contribution in [2.75, 3.05) is 26.3 Å². The van der Waals surface area contributed by atoms with Gasteiger partial charge in [0, 0.05) is 31.2 Å². The minimum Gasteiger partial charge on any atom is -0.506 e. The van der Waals surface area contributed by atoms with Crippen LogP contribution in [-0.2, 0) is 17.8 Å². The lowest BCUT2D eigenvalue weighted by atomic mass is 10.1. The number of hydrogen-bond acceptors (Lipinski definition) is 7. The Labute approximate surface area is 177 Å². The van der Waals surface area contributed by atoms with Crippen LogP contribution in [0.2, 0.25) is 5.02 Å². The van der Waals surface area contributed by atoms with Crippen molar-refractivity contribution >= 4 is 28.5 Å². The van der Waals surface area contributed by atoms with E-state index in [0.29, 0.717) is 30.5 Å². The first-order valence-electron chi connectivity index (χ1n) is 9.48. The number of nitrogens with zero attached hydrogens (tertiary/aromatic N) is 2. The maximum absolute atomic E-state index is 12.6. The highest BCUT2D eigenvalue weighted by atomic mass is 35.5. The van der Waals surface area contributed by atoms with Crippen molar-refractivity contribution in [3.63, 3.8) is 0 Å². The Hall–Kier alpha value is -2.94. The van der Waals surface area contributed by atoms with Crippen molar-refractivity contribution < 1.29 is 19.1 Å². The van der Waals surface area contributed by atoms with Gasteiger partial charge in [0.25, 0.3) is 5.91 Å². The summed E-state index contributed by atoms with van der Waals surface area (Å²) in [5.74, 6) is -1.13. The quantitative estimate of drug-likeness (QED) is 0.641. The summed E-state index contributed by atoms with van der Waals surface area (Å²) in [5, 5.41) is 14.1. The molecular weight excluding hydrogens is 410 g/mol. The molecule has 1 amide bonds. The normalized spacial score (nSPS) is 14.7. The van der Waals surface area contributed by atoms with Crippen LogP contribution in [0.15, 0.2) is 45.7 Å². The topological polar surface area (TPSA) is 105 Å². The van der Waals surface area contributed by atoms with Crippen LogP contribution in [0.1, 0.15) is 21.6 Å². The number of aromatic nitrogens is 1. The minimum absolute atomic E-state index is 0.123. The van der Waals surface area contributed by atoms with Crippen LogP contribution >= 0.6 is 11.6 Å². The van der Waals surface area contributed by atoms with Gasteiger partial charge in [-0.2, -0.15) is 0 Å². The molecule has 8 nitrogen and oxygen atoms in total. The smallest absolute Gasteiger partial charge is 0.353 e. The molecule has 1 aromatic carbocycles. The van der Waals surface area contributed by atoms with Gasteiger partial charge in [0.05, 0.1) is 30.5 Å². The maximum atomic E-state index is 12.6. The number of hydrogen-bond donors (Lipinski definition) is 2. The van der Waals surface area contributed by atoms with E-state index in [1.54, 1.807) is 30.3 Å². The van der Waals surface area contributed by atoms with Crippen LogP contribution in [0.5, 0.6) is 5.75 Å². The number of benzene rings is 1. The molecule has 1 aliphatic heterocycles. The van der Waals surface area contributed by atoms with Gasteiger partial charge in [-0.05, 0) is 23.8 Å². The van der Waals surface area contributed by atoms with Crippen molar-refractivity contribution in [1.29, 1.82) is 0 Å². The van der Waals surface area contributed by atoms with Gasteiger partial charge in [0.2, 0.25) is 0 Å². The number of aromatic hydroxyl groups is 1. The third kappa shape index (κ3) is 4.46. The number of fused-ring (bicyclic) bond motifs is 1. The molecule has 4 rings (SSSR count). The van der Waals surface area contributed by atoms with Gasteiger partial charge in [0.15, 0.2) is 11.1 Å². The fourth-order valence-electron chi connectivity index (χ4n) is 3.28. The molecule has 2 aromatic heterocycles. The van der Waals surface area contributed by atoms with E-state index in [9.17, 15) is 14.7 Å². The summed E-state index contributed by atoms with van der Waals surface area (Å²) in [5.41, 5.74) is 0.268. The van der Waals surface area contributed by atoms with E-state index in [1.165, 1.54) is 6.20 Å². The summed E-state index contributed by atoms with van der Waals surface area (Å²) in [6.07, 6.45) is 1.39. The van der Waals surface area contributed by atoms with E-state index >= 15 is 0 Å². The zero-order valence-electron chi connectivity index (χ0n) is 16.1. The SMILES string of the molecule is O=C(NCc1ccc(Cl)cc1)c1c(O)c2cc(CN3CCOCC3)ncc2oc1=O. The number of pyridine rings is 1. The molecular formula is C21H20ClN3O5. The third-order valence-electron chi connectivity index (χ3n) is 4.91. The summed E-state index contributed by atoms with van der Waals surface area (Å²) in [7, 11) is 0. The van der Waals surface area contributed by atoms with E-state index in [1.807, 2.05) is 0 Å². The van der Waals surface area contributed by atoms with Crippen LogP contribution in [0.4, 0.5) is 0 Å². The Morgan fingerprint density at radius 1 is 1.23 bits per heavy atom. The molecule has 0 bridgehead atoms. The average molecular weight is 430 g/mol.